The Labute approximate surface area is 130 Å². The zero-order valence-corrected chi connectivity index (χ0v) is 13.3. The zero-order valence-electron chi connectivity index (χ0n) is 11.7. The van der Waals surface area contributed by atoms with Gasteiger partial charge in [0.2, 0.25) is 0 Å². The topological polar surface area (TPSA) is 3.24 Å². The van der Waals surface area contributed by atoms with Crippen molar-refractivity contribution in [3.8, 4) is 0 Å². The lowest BCUT2D eigenvalue weighted by atomic mass is 10.2. The van der Waals surface area contributed by atoms with Crippen LogP contribution in [0.15, 0.2) is 64.4 Å². The molecule has 0 saturated heterocycles. The van der Waals surface area contributed by atoms with Gasteiger partial charge in [0.15, 0.2) is 0 Å². The van der Waals surface area contributed by atoms with Crippen molar-refractivity contribution in [2.45, 2.75) is 9.79 Å². The lowest BCUT2D eigenvalue weighted by Gasteiger charge is -2.04. The summed E-state index contributed by atoms with van der Waals surface area (Å²) in [5.41, 5.74) is 1.23. The summed E-state index contributed by atoms with van der Waals surface area (Å²) in [5, 5.41) is 0.774. The van der Waals surface area contributed by atoms with E-state index in [0.717, 1.165) is 11.6 Å². The SMILES string of the molecule is CN(C)CC=Cc1ccc(Sc2ccc(Cl)cc2)cc1. The second kappa shape index (κ2) is 7.53. The fourth-order valence-electron chi connectivity index (χ4n) is 1.69. The van der Waals surface area contributed by atoms with Gasteiger partial charge in [0.25, 0.3) is 0 Å². The molecule has 0 aliphatic heterocycles. The van der Waals surface area contributed by atoms with Crippen molar-refractivity contribution in [1.29, 1.82) is 0 Å². The van der Waals surface area contributed by atoms with Crippen LogP contribution in [0, 0.1) is 0 Å². The lowest BCUT2D eigenvalue weighted by Crippen LogP contribution is -2.10. The summed E-state index contributed by atoms with van der Waals surface area (Å²) in [6, 6.07) is 16.5. The maximum Gasteiger partial charge on any atom is 0.0406 e. The molecule has 0 N–H and O–H groups in total. The molecular weight excluding hydrogens is 286 g/mol. The third kappa shape index (κ3) is 5.04. The highest BCUT2D eigenvalue weighted by Crippen LogP contribution is 2.28. The summed E-state index contributed by atoms with van der Waals surface area (Å²) >= 11 is 7.63. The summed E-state index contributed by atoms with van der Waals surface area (Å²) in [7, 11) is 4.13. The molecule has 2 aromatic rings. The quantitative estimate of drug-likeness (QED) is 0.759. The monoisotopic (exact) mass is 303 g/mol. The Balaban J connectivity index is 1.97. The molecule has 0 aliphatic rings. The third-order valence-corrected chi connectivity index (χ3v) is 3.98. The Morgan fingerprint density at radius 1 is 0.950 bits per heavy atom. The fourth-order valence-corrected chi connectivity index (χ4v) is 2.63. The van der Waals surface area contributed by atoms with Gasteiger partial charge in [-0.05, 0) is 56.1 Å². The number of nitrogens with zero attached hydrogens (tertiary/aromatic N) is 1. The van der Waals surface area contributed by atoms with Gasteiger partial charge in [-0.1, -0.05) is 47.6 Å². The van der Waals surface area contributed by atoms with E-state index >= 15 is 0 Å². The van der Waals surface area contributed by atoms with Gasteiger partial charge in [-0.25, -0.2) is 0 Å². The molecule has 2 aromatic carbocycles. The van der Waals surface area contributed by atoms with Crippen LogP contribution in [-0.4, -0.2) is 25.5 Å². The maximum atomic E-state index is 5.89. The average Bonchev–Trinajstić information content (AvgIpc) is 2.43. The Morgan fingerprint density at radius 3 is 2.05 bits per heavy atom. The third-order valence-electron chi connectivity index (χ3n) is 2.71. The molecule has 0 amide bonds. The Morgan fingerprint density at radius 2 is 1.50 bits per heavy atom. The van der Waals surface area contributed by atoms with E-state index in [1.54, 1.807) is 11.8 Å². The second-order valence-electron chi connectivity index (χ2n) is 4.79. The minimum atomic E-state index is 0.774. The molecule has 0 heterocycles. The van der Waals surface area contributed by atoms with Crippen molar-refractivity contribution in [3.63, 3.8) is 0 Å². The highest BCUT2D eigenvalue weighted by Gasteiger charge is 1.97. The Bertz CT molecular complexity index is 559. The summed E-state index contributed by atoms with van der Waals surface area (Å²) < 4.78 is 0. The van der Waals surface area contributed by atoms with E-state index in [2.05, 4.69) is 55.4 Å². The van der Waals surface area contributed by atoms with Crippen LogP contribution >= 0.6 is 23.4 Å². The number of rotatable bonds is 5. The van der Waals surface area contributed by atoms with E-state index in [1.807, 2.05) is 24.3 Å². The molecule has 0 aromatic heterocycles. The molecular formula is C17H18ClNS. The molecule has 0 aliphatic carbocycles. The second-order valence-corrected chi connectivity index (χ2v) is 6.37. The van der Waals surface area contributed by atoms with Crippen molar-refractivity contribution < 1.29 is 0 Å². The highest BCUT2D eigenvalue weighted by molar-refractivity contribution is 7.99. The minimum Gasteiger partial charge on any atom is -0.306 e. The highest BCUT2D eigenvalue weighted by atomic mass is 35.5. The van der Waals surface area contributed by atoms with Crippen molar-refractivity contribution in [2.75, 3.05) is 20.6 Å². The van der Waals surface area contributed by atoms with Gasteiger partial charge in [-0.15, -0.1) is 0 Å². The number of halogens is 1. The molecule has 2 rings (SSSR count). The molecule has 0 radical (unpaired) electrons. The Kier molecular flexibility index (Phi) is 5.72. The van der Waals surface area contributed by atoms with E-state index < -0.39 is 0 Å². The van der Waals surface area contributed by atoms with E-state index in [-0.39, 0.29) is 0 Å². The van der Waals surface area contributed by atoms with Gasteiger partial charge < -0.3 is 4.90 Å². The first-order chi connectivity index (χ1) is 9.63. The van der Waals surface area contributed by atoms with Crippen LogP contribution in [0.5, 0.6) is 0 Å². The van der Waals surface area contributed by atoms with Crippen LogP contribution in [-0.2, 0) is 0 Å². The first kappa shape index (κ1) is 15.2. The van der Waals surface area contributed by atoms with E-state index in [1.165, 1.54) is 15.4 Å². The van der Waals surface area contributed by atoms with Crippen LogP contribution in [0.1, 0.15) is 5.56 Å². The van der Waals surface area contributed by atoms with Crippen molar-refractivity contribution in [3.05, 3.63) is 65.2 Å². The van der Waals surface area contributed by atoms with Gasteiger partial charge in [0, 0.05) is 21.4 Å². The van der Waals surface area contributed by atoms with Crippen LogP contribution < -0.4 is 0 Å². The van der Waals surface area contributed by atoms with Crippen molar-refractivity contribution in [2.24, 2.45) is 0 Å². The van der Waals surface area contributed by atoms with Crippen LogP contribution in [0.3, 0.4) is 0 Å². The van der Waals surface area contributed by atoms with Crippen molar-refractivity contribution >= 4 is 29.4 Å². The lowest BCUT2D eigenvalue weighted by molar-refractivity contribution is 0.457. The van der Waals surface area contributed by atoms with Crippen LogP contribution in [0.25, 0.3) is 6.08 Å². The molecule has 0 atom stereocenters. The van der Waals surface area contributed by atoms with E-state index in [4.69, 9.17) is 11.6 Å². The maximum absolute atomic E-state index is 5.89. The van der Waals surface area contributed by atoms with Gasteiger partial charge in [0.1, 0.15) is 0 Å². The first-order valence-electron chi connectivity index (χ1n) is 6.48. The summed E-state index contributed by atoms with van der Waals surface area (Å²) in [6.45, 7) is 0.960. The molecule has 0 fully saturated rings. The van der Waals surface area contributed by atoms with Gasteiger partial charge in [-0.2, -0.15) is 0 Å². The molecule has 20 heavy (non-hydrogen) atoms. The number of benzene rings is 2. The van der Waals surface area contributed by atoms with Crippen LogP contribution in [0.4, 0.5) is 0 Å². The molecule has 104 valence electrons. The summed E-state index contributed by atoms with van der Waals surface area (Å²) in [5.74, 6) is 0. The molecule has 1 nitrogen and oxygen atoms in total. The van der Waals surface area contributed by atoms with Crippen molar-refractivity contribution in [1.82, 2.24) is 4.90 Å². The molecule has 3 heteroatoms. The number of hydrogen-bond donors (Lipinski definition) is 0. The largest absolute Gasteiger partial charge is 0.306 e. The average molecular weight is 304 g/mol. The minimum absolute atomic E-state index is 0.774. The molecule has 0 bridgehead atoms. The first-order valence-corrected chi connectivity index (χ1v) is 7.68. The van der Waals surface area contributed by atoms with E-state index in [0.29, 0.717) is 0 Å². The predicted molar refractivity (Wildman–Crippen MR) is 89.6 cm³/mol. The Hall–Kier alpha value is -1.22. The van der Waals surface area contributed by atoms with Crippen LogP contribution in [0.2, 0.25) is 5.02 Å². The van der Waals surface area contributed by atoms with E-state index in [9.17, 15) is 0 Å². The summed E-state index contributed by atoms with van der Waals surface area (Å²) in [4.78, 5) is 4.57. The summed E-state index contributed by atoms with van der Waals surface area (Å²) in [6.07, 6.45) is 4.32. The van der Waals surface area contributed by atoms with Gasteiger partial charge in [0.05, 0.1) is 0 Å². The number of likely N-dealkylation sites (N-methyl/N-ethyl adjacent to an activating group) is 1. The number of hydrogen-bond acceptors (Lipinski definition) is 2. The molecule has 0 saturated carbocycles. The smallest absolute Gasteiger partial charge is 0.0406 e. The molecule has 0 spiro atoms. The van der Waals surface area contributed by atoms with Gasteiger partial charge >= 0.3 is 0 Å². The fraction of sp³-hybridized carbons (Fsp3) is 0.176. The zero-order chi connectivity index (χ0) is 14.4. The predicted octanol–water partition coefficient (Wildman–Crippen LogP) is 5.07. The van der Waals surface area contributed by atoms with Gasteiger partial charge in [-0.3, -0.25) is 0 Å². The standard InChI is InChI=1S/C17H18ClNS/c1-19(2)13-3-4-14-5-9-16(10-6-14)20-17-11-7-15(18)8-12-17/h3-12H,13H2,1-2H3. The molecule has 0 unspecified atom stereocenters. The normalized spacial score (nSPS) is 11.4.